The number of hydrogen-bond acceptors (Lipinski definition) is 8. The van der Waals surface area contributed by atoms with E-state index in [9.17, 15) is 0 Å². The fourth-order valence-electron chi connectivity index (χ4n) is 2.74. The Balaban J connectivity index is 2.05. The molecule has 140 valence electrons. The Labute approximate surface area is 181 Å². The van der Waals surface area contributed by atoms with Gasteiger partial charge in [-0.2, -0.15) is 50.5 Å². The van der Waals surface area contributed by atoms with Gasteiger partial charge < -0.3 is 0 Å². The van der Waals surface area contributed by atoms with Gasteiger partial charge in [0, 0.05) is 34.1 Å². The number of aryl methyl sites for hydroxylation is 1. The molecule has 0 aliphatic rings. The first-order chi connectivity index (χ1) is 13.1. The third-order valence-corrected chi connectivity index (χ3v) is 5.33. The summed E-state index contributed by atoms with van der Waals surface area (Å²) in [4.78, 5) is 18.4. The molecule has 0 saturated carbocycles. The molecule has 3 aromatic rings. The molecule has 0 aliphatic heterocycles. The topological polar surface area (TPSA) is 51.6 Å². The average Bonchev–Trinajstić information content (AvgIpc) is 2.72. The Morgan fingerprint density at radius 2 is 1.07 bits per heavy atom. The molecule has 2 heterocycles. The molecule has 0 atom stereocenters. The second-order valence-electron chi connectivity index (χ2n) is 6.01. The maximum Gasteiger partial charge on any atom is 0.159 e. The molecule has 0 amide bonds. The SMILES string of the molecule is Cc1cc(-c2nc(CS)cc(CS)n2)ccc1-c1nc(CS)cc(CS)n1. The van der Waals surface area contributed by atoms with Gasteiger partial charge in [0.1, 0.15) is 0 Å². The monoisotopic (exact) mass is 432 g/mol. The highest BCUT2D eigenvalue weighted by Gasteiger charge is 2.12. The predicted octanol–water partition coefficient (Wildman–Crippen LogP) is 4.63. The zero-order valence-corrected chi connectivity index (χ0v) is 18.4. The number of rotatable bonds is 6. The van der Waals surface area contributed by atoms with Crippen molar-refractivity contribution in [1.29, 1.82) is 0 Å². The van der Waals surface area contributed by atoms with Gasteiger partial charge in [0.2, 0.25) is 0 Å². The van der Waals surface area contributed by atoms with Gasteiger partial charge in [-0.25, -0.2) is 19.9 Å². The molecule has 0 bridgehead atoms. The van der Waals surface area contributed by atoms with Crippen molar-refractivity contribution in [3.05, 3.63) is 58.7 Å². The fourth-order valence-corrected chi connectivity index (χ4v) is 3.38. The van der Waals surface area contributed by atoms with E-state index in [2.05, 4.69) is 76.5 Å². The normalized spacial score (nSPS) is 11.0. The van der Waals surface area contributed by atoms with Crippen LogP contribution in [0.2, 0.25) is 0 Å². The number of hydrogen-bond donors (Lipinski definition) is 4. The highest BCUT2D eigenvalue weighted by molar-refractivity contribution is 7.79. The van der Waals surface area contributed by atoms with Gasteiger partial charge in [0.15, 0.2) is 11.6 Å². The van der Waals surface area contributed by atoms with Crippen LogP contribution in [0.4, 0.5) is 0 Å². The number of nitrogens with zero attached hydrogens (tertiary/aromatic N) is 4. The molecule has 8 heteroatoms. The lowest BCUT2D eigenvalue weighted by Crippen LogP contribution is -2.01. The highest BCUT2D eigenvalue weighted by atomic mass is 32.1. The number of aromatic nitrogens is 4. The summed E-state index contributed by atoms with van der Waals surface area (Å²) in [6.07, 6.45) is 0. The van der Waals surface area contributed by atoms with Gasteiger partial charge >= 0.3 is 0 Å². The molecule has 0 spiro atoms. The second kappa shape index (κ2) is 9.32. The maximum absolute atomic E-state index is 4.62. The average molecular weight is 433 g/mol. The summed E-state index contributed by atoms with van der Waals surface area (Å²) in [6.45, 7) is 2.04. The van der Waals surface area contributed by atoms with Gasteiger partial charge in [-0.15, -0.1) is 0 Å². The van der Waals surface area contributed by atoms with Crippen molar-refractivity contribution in [3.63, 3.8) is 0 Å². The summed E-state index contributed by atoms with van der Waals surface area (Å²) in [5, 5.41) is 0. The van der Waals surface area contributed by atoms with Crippen molar-refractivity contribution in [1.82, 2.24) is 19.9 Å². The predicted molar refractivity (Wildman–Crippen MR) is 124 cm³/mol. The molecule has 1 aromatic carbocycles. The van der Waals surface area contributed by atoms with E-state index in [0.717, 1.165) is 39.5 Å². The number of benzene rings is 1. The molecule has 0 radical (unpaired) electrons. The molecule has 0 saturated heterocycles. The van der Waals surface area contributed by atoms with Gasteiger partial charge in [-0.05, 0) is 30.7 Å². The van der Waals surface area contributed by atoms with Gasteiger partial charge in [0.05, 0.1) is 22.8 Å². The van der Waals surface area contributed by atoms with E-state index in [1.165, 1.54) is 0 Å². The Hall–Kier alpha value is -1.22. The van der Waals surface area contributed by atoms with Crippen LogP contribution in [0.15, 0.2) is 30.3 Å². The van der Waals surface area contributed by atoms with Crippen molar-refractivity contribution in [3.8, 4) is 22.8 Å². The molecular formula is C19H20N4S4. The zero-order valence-electron chi connectivity index (χ0n) is 14.8. The molecular weight excluding hydrogens is 413 g/mol. The molecule has 0 unspecified atom stereocenters. The van der Waals surface area contributed by atoms with E-state index < -0.39 is 0 Å². The zero-order chi connectivity index (χ0) is 19.4. The minimum absolute atomic E-state index is 0.560. The molecule has 27 heavy (non-hydrogen) atoms. The van der Waals surface area contributed by atoms with Crippen LogP contribution >= 0.6 is 50.5 Å². The summed E-state index contributed by atoms with van der Waals surface area (Å²) >= 11 is 17.3. The lowest BCUT2D eigenvalue weighted by molar-refractivity contribution is 1.04. The maximum atomic E-state index is 4.62. The Kier molecular flexibility index (Phi) is 7.08. The van der Waals surface area contributed by atoms with E-state index in [4.69, 9.17) is 0 Å². The van der Waals surface area contributed by atoms with Crippen molar-refractivity contribution in [2.75, 3.05) is 0 Å². The molecule has 2 aromatic heterocycles. The first kappa shape index (κ1) is 20.5. The minimum atomic E-state index is 0.560. The summed E-state index contributed by atoms with van der Waals surface area (Å²) in [7, 11) is 0. The summed E-state index contributed by atoms with van der Waals surface area (Å²) in [6, 6.07) is 9.94. The van der Waals surface area contributed by atoms with E-state index in [-0.39, 0.29) is 0 Å². The Morgan fingerprint density at radius 1 is 0.630 bits per heavy atom. The highest BCUT2D eigenvalue weighted by Crippen LogP contribution is 2.26. The first-order valence-corrected chi connectivity index (χ1v) is 10.9. The lowest BCUT2D eigenvalue weighted by atomic mass is 10.0. The lowest BCUT2D eigenvalue weighted by Gasteiger charge is -2.11. The van der Waals surface area contributed by atoms with Crippen LogP contribution in [0.5, 0.6) is 0 Å². The third kappa shape index (κ3) is 4.80. The summed E-state index contributed by atoms with van der Waals surface area (Å²) in [5.74, 6) is 3.61. The molecule has 3 rings (SSSR count). The summed E-state index contributed by atoms with van der Waals surface area (Å²) < 4.78 is 0. The van der Waals surface area contributed by atoms with Crippen LogP contribution < -0.4 is 0 Å². The molecule has 4 nitrogen and oxygen atoms in total. The van der Waals surface area contributed by atoms with E-state index in [1.54, 1.807) is 0 Å². The number of thiol groups is 4. The van der Waals surface area contributed by atoms with Crippen molar-refractivity contribution in [2.24, 2.45) is 0 Å². The minimum Gasteiger partial charge on any atom is -0.232 e. The van der Waals surface area contributed by atoms with Crippen LogP contribution in [-0.2, 0) is 23.0 Å². The van der Waals surface area contributed by atoms with Crippen LogP contribution in [0.25, 0.3) is 22.8 Å². The molecule has 0 aliphatic carbocycles. The first-order valence-electron chi connectivity index (χ1n) is 8.36. The largest absolute Gasteiger partial charge is 0.232 e. The van der Waals surface area contributed by atoms with Crippen molar-refractivity contribution < 1.29 is 0 Å². The van der Waals surface area contributed by atoms with Crippen LogP contribution in [-0.4, -0.2) is 19.9 Å². The standard InChI is InChI=1S/C19H20N4S4/c1-11-4-12(18-20-13(7-24)5-14(8-25)21-18)2-3-17(11)19-22-15(9-26)6-16(10-27)23-19/h2-6,24-27H,7-10H2,1H3. The molecule has 0 N–H and O–H groups in total. The van der Waals surface area contributed by atoms with Crippen LogP contribution in [0.1, 0.15) is 28.3 Å². The van der Waals surface area contributed by atoms with E-state index in [0.29, 0.717) is 34.7 Å². The van der Waals surface area contributed by atoms with Gasteiger partial charge in [0.25, 0.3) is 0 Å². The third-order valence-electron chi connectivity index (χ3n) is 4.04. The smallest absolute Gasteiger partial charge is 0.159 e. The Bertz CT molecular complexity index is 918. The quantitative estimate of drug-likeness (QED) is 0.429. The van der Waals surface area contributed by atoms with Gasteiger partial charge in [-0.3, -0.25) is 0 Å². The summed E-state index contributed by atoms with van der Waals surface area (Å²) in [5.41, 5.74) is 6.53. The van der Waals surface area contributed by atoms with Crippen molar-refractivity contribution >= 4 is 50.5 Å². The van der Waals surface area contributed by atoms with Gasteiger partial charge in [-0.1, -0.05) is 12.1 Å². The Morgan fingerprint density at radius 3 is 1.48 bits per heavy atom. The van der Waals surface area contributed by atoms with Crippen LogP contribution in [0, 0.1) is 6.92 Å². The second-order valence-corrected chi connectivity index (χ2v) is 7.28. The van der Waals surface area contributed by atoms with Crippen LogP contribution in [0.3, 0.4) is 0 Å². The molecule has 0 fully saturated rings. The van der Waals surface area contributed by atoms with Crippen molar-refractivity contribution in [2.45, 2.75) is 29.9 Å². The van der Waals surface area contributed by atoms with E-state index in [1.807, 2.05) is 31.2 Å². The van der Waals surface area contributed by atoms with E-state index >= 15 is 0 Å². The fraction of sp³-hybridized carbons (Fsp3) is 0.263.